The van der Waals surface area contributed by atoms with Gasteiger partial charge < -0.3 is 5.32 Å². The Balaban J connectivity index is 1.70. The van der Waals surface area contributed by atoms with E-state index in [1.807, 2.05) is 0 Å². The van der Waals surface area contributed by atoms with E-state index in [1.54, 1.807) is 0 Å². The van der Waals surface area contributed by atoms with E-state index in [0.717, 1.165) is 11.8 Å². The van der Waals surface area contributed by atoms with Gasteiger partial charge in [0.25, 0.3) is 0 Å². The third kappa shape index (κ3) is 2.48. The van der Waals surface area contributed by atoms with Crippen molar-refractivity contribution < 1.29 is 0 Å². The van der Waals surface area contributed by atoms with E-state index in [0.29, 0.717) is 0 Å². The molecule has 0 saturated heterocycles. The normalized spacial score (nSPS) is 25.8. The average molecular weight is 229 g/mol. The van der Waals surface area contributed by atoms with E-state index < -0.39 is 0 Å². The lowest BCUT2D eigenvalue weighted by atomic mass is 9.80. The van der Waals surface area contributed by atoms with Crippen molar-refractivity contribution >= 4 is 5.69 Å². The summed E-state index contributed by atoms with van der Waals surface area (Å²) in [7, 11) is 0. The number of rotatable bonds is 1. The molecule has 92 valence electrons. The van der Waals surface area contributed by atoms with Crippen molar-refractivity contribution in [3.05, 3.63) is 29.8 Å². The second-order valence-corrected chi connectivity index (χ2v) is 5.75. The molecule has 1 atom stereocenters. The van der Waals surface area contributed by atoms with Crippen LogP contribution in [0, 0.1) is 11.8 Å². The monoisotopic (exact) mass is 229 g/mol. The van der Waals surface area contributed by atoms with E-state index in [9.17, 15) is 0 Å². The van der Waals surface area contributed by atoms with Gasteiger partial charge in [0.1, 0.15) is 0 Å². The predicted molar refractivity (Wildman–Crippen MR) is 73.3 cm³/mol. The molecular formula is C16H23N. The quantitative estimate of drug-likeness (QED) is 0.710. The molecule has 2 aliphatic rings. The van der Waals surface area contributed by atoms with Gasteiger partial charge in [-0.25, -0.2) is 0 Å². The number of fused-ring (bicyclic) bond motifs is 1. The van der Waals surface area contributed by atoms with Gasteiger partial charge in [0.2, 0.25) is 0 Å². The van der Waals surface area contributed by atoms with Crippen LogP contribution in [-0.2, 0) is 6.42 Å². The summed E-state index contributed by atoms with van der Waals surface area (Å²) in [6.07, 6.45) is 10.1. The van der Waals surface area contributed by atoms with Crippen LogP contribution in [0.3, 0.4) is 0 Å². The Morgan fingerprint density at radius 2 is 1.65 bits per heavy atom. The second kappa shape index (κ2) is 5.12. The Morgan fingerprint density at radius 1 is 0.882 bits per heavy atom. The van der Waals surface area contributed by atoms with E-state index in [2.05, 4.69) is 29.6 Å². The summed E-state index contributed by atoms with van der Waals surface area (Å²) in [5, 5.41) is 3.63. The summed E-state index contributed by atoms with van der Waals surface area (Å²) < 4.78 is 0. The topological polar surface area (TPSA) is 12.0 Å². The molecule has 3 rings (SSSR count). The first-order chi connectivity index (χ1) is 8.43. The van der Waals surface area contributed by atoms with Crippen LogP contribution < -0.4 is 5.32 Å². The molecule has 0 bridgehead atoms. The van der Waals surface area contributed by atoms with Crippen molar-refractivity contribution in [3.63, 3.8) is 0 Å². The standard InChI is InChI=1S/C16H23N/c1-2-4-8-13(7-3-1)15-11-14-9-5-6-10-16(14)17-12-15/h5-6,9-10,13,15,17H,1-4,7-8,11-12H2. The number of hydrogen-bond acceptors (Lipinski definition) is 1. The Kier molecular flexibility index (Phi) is 3.35. The van der Waals surface area contributed by atoms with Gasteiger partial charge in [0, 0.05) is 12.2 Å². The highest BCUT2D eigenvalue weighted by atomic mass is 14.9. The molecule has 1 fully saturated rings. The van der Waals surface area contributed by atoms with Crippen molar-refractivity contribution in [2.75, 3.05) is 11.9 Å². The van der Waals surface area contributed by atoms with Gasteiger partial charge in [-0.15, -0.1) is 0 Å². The van der Waals surface area contributed by atoms with Gasteiger partial charge in [0.05, 0.1) is 0 Å². The lowest BCUT2D eigenvalue weighted by Gasteiger charge is -2.32. The minimum absolute atomic E-state index is 0.878. The van der Waals surface area contributed by atoms with Crippen LogP contribution in [0.25, 0.3) is 0 Å². The summed E-state index contributed by atoms with van der Waals surface area (Å²) in [6.45, 7) is 1.20. The molecule has 1 heteroatoms. The molecule has 1 saturated carbocycles. The summed E-state index contributed by atoms with van der Waals surface area (Å²) >= 11 is 0. The summed E-state index contributed by atoms with van der Waals surface area (Å²) in [5.74, 6) is 1.85. The predicted octanol–water partition coefficient (Wildman–Crippen LogP) is 4.24. The number of nitrogens with one attached hydrogen (secondary N) is 1. The number of anilines is 1. The molecule has 1 aromatic rings. The van der Waals surface area contributed by atoms with Crippen molar-refractivity contribution in [3.8, 4) is 0 Å². The van der Waals surface area contributed by atoms with Crippen molar-refractivity contribution in [1.82, 2.24) is 0 Å². The largest absolute Gasteiger partial charge is 0.385 e. The maximum absolute atomic E-state index is 3.63. The summed E-state index contributed by atoms with van der Waals surface area (Å²) in [6, 6.07) is 8.83. The van der Waals surface area contributed by atoms with Crippen LogP contribution in [0.5, 0.6) is 0 Å². The third-order valence-electron chi connectivity index (χ3n) is 4.62. The smallest absolute Gasteiger partial charge is 0.0372 e. The molecule has 0 radical (unpaired) electrons. The van der Waals surface area contributed by atoms with Gasteiger partial charge in [-0.3, -0.25) is 0 Å². The highest BCUT2D eigenvalue weighted by Crippen LogP contribution is 2.35. The average Bonchev–Trinajstić information content (AvgIpc) is 2.67. The Labute approximate surface area is 105 Å². The molecule has 1 aromatic carbocycles. The minimum Gasteiger partial charge on any atom is -0.385 e. The van der Waals surface area contributed by atoms with Gasteiger partial charge in [0.15, 0.2) is 0 Å². The van der Waals surface area contributed by atoms with Gasteiger partial charge in [-0.1, -0.05) is 56.7 Å². The SMILES string of the molecule is c1ccc2c(c1)CC(C1CCCCCC1)CN2. The molecule has 1 unspecified atom stereocenters. The maximum Gasteiger partial charge on any atom is 0.0372 e. The molecule has 1 aliphatic heterocycles. The Morgan fingerprint density at radius 3 is 2.47 bits per heavy atom. The van der Waals surface area contributed by atoms with E-state index in [4.69, 9.17) is 0 Å². The van der Waals surface area contributed by atoms with Crippen LogP contribution >= 0.6 is 0 Å². The summed E-state index contributed by atoms with van der Waals surface area (Å²) in [5.41, 5.74) is 2.91. The molecule has 0 amide bonds. The number of para-hydroxylation sites is 1. The first kappa shape index (κ1) is 11.1. The minimum atomic E-state index is 0.878. The first-order valence-electron chi connectivity index (χ1n) is 7.25. The number of hydrogen-bond donors (Lipinski definition) is 1. The molecular weight excluding hydrogens is 206 g/mol. The number of benzene rings is 1. The highest BCUT2D eigenvalue weighted by molar-refractivity contribution is 5.53. The Bertz CT molecular complexity index is 364. The zero-order chi connectivity index (χ0) is 11.5. The third-order valence-corrected chi connectivity index (χ3v) is 4.62. The van der Waals surface area contributed by atoms with Crippen LogP contribution in [0.4, 0.5) is 5.69 Å². The maximum atomic E-state index is 3.63. The fraction of sp³-hybridized carbons (Fsp3) is 0.625. The van der Waals surface area contributed by atoms with Crippen LogP contribution in [0.2, 0.25) is 0 Å². The van der Waals surface area contributed by atoms with Crippen molar-refractivity contribution in [1.29, 1.82) is 0 Å². The molecule has 0 aromatic heterocycles. The molecule has 0 spiro atoms. The van der Waals surface area contributed by atoms with Crippen molar-refractivity contribution in [2.24, 2.45) is 11.8 Å². The van der Waals surface area contributed by atoms with Crippen LogP contribution in [-0.4, -0.2) is 6.54 Å². The highest BCUT2D eigenvalue weighted by Gasteiger charge is 2.26. The van der Waals surface area contributed by atoms with Gasteiger partial charge >= 0.3 is 0 Å². The second-order valence-electron chi connectivity index (χ2n) is 5.75. The molecule has 1 aliphatic carbocycles. The van der Waals surface area contributed by atoms with E-state index in [1.165, 1.54) is 62.7 Å². The van der Waals surface area contributed by atoms with Crippen molar-refractivity contribution in [2.45, 2.75) is 44.9 Å². The van der Waals surface area contributed by atoms with E-state index in [-0.39, 0.29) is 0 Å². The molecule has 1 N–H and O–H groups in total. The first-order valence-corrected chi connectivity index (χ1v) is 7.25. The fourth-order valence-electron chi connectivity index (χ4n) is 3.58. The summed E-state index contributed by atoms with van der Waals surface area (Å²) in [4.78, 5) is 0. The van der Waals surface area contributed by atoms with Gasteiger partial charge in [-0.2, -0.15) is 0 Å². The zero-order valence-corrected chi connectivity index (χ0v) is 10.6. The zero-order valence-electron chi connectivity index (χ0n) is 10.6. The molecule has 1 heterocycles. The molecule has 1 nitrogen and oxygen atoms in total. The lowest BCUT2D eigenvalue weighted by molar-refractivity contribution is 0.304. The Hall–Kier alpha value is -0.980. The fourth-order valence-corrected chi connectivity index (χ4v) is 3.58. The van der Waals surface area contributed by atoms with E-state index >= 15 is 0 Å². The lowest BCUT2D eigenvalue weighted by Crippen LogP contribution is -2.29. The molecule has 17 heavy (non-hydrogen) atoms. The van der Waals surface area contributed by atoms with Crippen LogP contribution in [0.15, 0.2) is 24.3 Å². The van der Waals surface area contributed by atoms with Crippen LogP contribution in [0.1, 0.15) is 44.1 Å². The van der Waals surface area contributed by atoms with Gasteiger partial charge in [-0.05, 0) is 29.9 Å².